The van der Waals surface area contributed by atoms with Crippen LogP contribution in [0.2, 0.25) is 0 Å². The lowest BCUT2D eigenvalue weighted by atomic mass is 10.1. The Morgan fingerprint density at radius 2 is 1.47 bits per heavy atom. The molecule has 1 aromatic carbocycles. The molecule has 1 aliphatic heterocycles. The van der Waals surface area contributed by atoms with Crippen LogP contribution in [0, 0.1) is 0 Å². The Hall–Kier alpha value is -0.860. The smallest absolute Gasteiger partial charge is 0.0713 e. The molecule has 0 saturated heterocycles. The van der Waals surface area contributed by atoms with E-state index in [-0.39, 0.29) is 0 Å². The third-order valence-corrected chi connectivity index (χ3v) is 2.46. The number of hydrogen-bond donors (Lipinski definition) is 0. The Bertz CT molecular complexity index is 310. The zero-order chi connectivity index (χ0) is 15.3. The first-order chi connectivity index (χ1) is 9.29. The molecule has 2 nitrogen and oxygen atoms in total. The SMILES string of the molecule is CC.CC.CC.COCc1ccc2c(c1)CN(C)C2. The van der Waals surface area contributed by atoms with Gasteiger partial charge in [0.2, 0.25) is 0 Å². The molecule has 0 amide bonds. The summed E-state index contributed by atoms with van der Waals surface area (Å²) in [4.78, 5) is 2.32. The van der Waals surface area contributed by atoms with Gasteiger partial charge in [0, 0.05) is 20.2 Å². The average Bonchev–Trinajstić information content (AvgIpc) is 2.85. The summed E-state index contributed by atoms with van der Waals surface area (Å²) in [6, 6.07) is 6.62. The van der Waals surface area contributed by atoms with Crippen molar-refractivity contribution in [1.82, 2.24) is 4.90 Å². The molecule has 1 aliphatic rings. The largest absolute Gasteiger partial charge is 0.380 e. The van der Waals surface area contributed by atoms with Gasteiger partial charge in [-0.1, -0.05) is 59.7 Å². The van der Waals surface area contributed by atoms with E-state index in [1.54, 1.807) is 7.11 Å². The Morgan fingerprint density at radius 1 is 0.947 bits per heavy atom. The van der Waals surface area contributed by atoms with Gasteiger partial charge in [0.25, 0.3) is 0 Å². The monoisotopic (exact) mass is 267 g/mol. The Kier molecular flexibility index (Phi) is 14.6. The van der Waals surface area contributed by atoms with Crippen LogP contribution < -0.4 is 0 Å². The van der Waals surface area contributed by atoms with Crippen LogP contribution in [0.1, 0.15) is 58.2 Å². The van der Waals surface area contributed by atoms with Gasteiger partial charge in [0.1, 0.15) is 0 Å². The third-order valence-electron chi connectivity index (χ3n) is 2.46. The summed E-state index contributed by atoms with van der Waals surface area (Å²) in [5.41, 5.74) is 4.19. The summed E-state index contributed by atoms with van der Waals surface area (Å²) < 4.78 is 5.10. The van der Waals surface area contributed by atoms with Gasteiger partial charge in [-0.2, -0.15) is 0 Å². The average molecular weight is 267 g/mol. The van der Waals surface area contributed by atoms with Gasteiger partial charge in [-0.25, -0.2) is 0 Å². The van der Waals surface area contributed by atoms with Crippen LogP contribution in [0.25, 0.3) is 0 Å². The summed E-state index contributed by atoms with van der Waals surface area (Å²) in [6.45, 7) is 14.9. The lowest BCUT2D eigenvalue weighted by Crippen LogP contribution is -2.07. The minimum Gasteiger partial charge on any atom is -0.380 e. The first-order valence-corrected chi connectivity index (χ1v) is 7.58. The zero-order valence-electron chi connectivity index (χ0n) is 14.2. The molecule has 2 heteroatoms. The second-order valence-corrected chi connectivity index (χ2v) is 3.71. The minimum absolute atomic E-state index is 0.719. The Labute approximate surface area is 120 Å². The van der Waals surface area contributed by atoms with Gasteiger partial charge in [-0.3, -0.25) is 4.90 Å². The zero-order valence-corrected chi connectivity index (χ0v) is 14.2. The van der Waals surface area contributed by atoms with Crippen LogP contribution in [0.3, 0.4) is 0 Å². The molecule has 0 aliphatic carbocycles. The van der Waals surface area contributed by atoms with Gasteiger partial charge in [0.05, 0.1) is 6.61 Å². The van der Waals surface area contributed by atoms with Crippen molar-refractivity contribution in [2.24, 2.45) is 0 Å². The topological polar surface area (TPSA) is 12.5 Å². The van der Waals surface area contributed by atoms with E-state index in [0.29, 0.717) is 0 Å². The van der Waals surface area contributed by atoms with Crippen LogP contribution in [0.15, 0.2) is 18.2 Å². The quantitative estimate of drug-likeness (QED) is 0.759. The van der Waals surface area contributed by atoms with Crippen LogP contribution in [-0.2, 0) is 24.4 Å². The normalized spacial score (nSPS) is 12.0. The van der Waals surface area contributed by atoms with Crippen LogP contribution in [0.4, 0.5) is 0 Å². The predicted molar refractivity (Wildman–Crippen MR) is 86.4 cm³/mol. The molecule has 0 radical (unpaired) electrons. The standard InChI is InChI=1S/C11H15NO.3C2H6/c1-12-6-10-4-3-9(8-13-2)5-11(10)7-12;3*1-2/h3-5H,6-8H2,1-2H3;3*1-2H3. The van der Waals surface area contributed by atoms with Gasteiger partial charge in [-0.15, -0.1) is 0 Å². The van der Waals surface area contributed by atoms with E-state index in [0.717, 1.165) is 19.7 Å². The maximum atomic E-state index is 5.10. The van der Waals surface area contributed by atoms with Crippen molar-refractivity contribution in [3.63, 3.8) is 0 Å². The summed E-state index contributed by atoms with van der Waals surface area (Å²) in [5, 5.41) is 0. The molecule has 2 rings (SSSR count). The van der Waals surface area contributed by atoms with E-state index in [9.17, 15) is 0 Å². The molecule has 0 aromatic heterocycles. The van der Waals surface area contributed by atoms with Crippen molar-refractivity contribution in [3.05, 3.63) is 34.9 Å². The molecule has 0 atom stereocenters. The Morgan fingerprint density at radius 3 is 2.00 bits per heavy atom. The van der Waals surface area contributed by atoms with E-state index in [2.05, 4.69) is 30.1 Å². The lowest BCUT2D eigenvalue weighted by Gasteiger charge is -2.03. The molecule has 1 aromatic rings. The highest BCUT2D eigenvalue weighted by atomic mass is 16.5. The molecule has 0 saturated carbocycles. The van der Waals surface area contributed by atoms with Crippen molar-refractivity contribution in [1.29, 1.82) is 0 Å². The summed E-state index contributed by atoms with van der Waals surface area (Å²) in [5.74, 6) is 0. The van der Waals surface area contributed by atoms with Gasteiger partial charge < -0.3 is 4.74 Å². The number of hydrogen-bond acceptors (Lipinski definition) is 2. The lowest BCUT2D eigenvalue weighted by molar-refractivity contribution is 0.185. The fourth-order valence-corrected chi connectivity index (χ4v) is 1.87. The van der Waals surface area contributed by atoms with Crippen LogP contribution in [-0.4, -0.2) is 19.1 Å². The Balaban J connectivity index is 0. The van der Waals surface area contributed by atoms with Crippen molar-refractivity contribution in [2.45, 2.75) is 61.2 Å². The second-order valence-electron chi connectivity index (χ2n) is 3.71. The van der Waals surface area contributed by atoms with E-state index in [4.69, 9.17) is 4.74 Å². The molecule has 0 fully saturated rings. The highest BCUT2D eigenvalue weighted by Crippen LogP contribution is 2.22. The molecule has 0 N–H and O–H groups in total. The van der Waals surface area contributed by atoms with Gasteiger partial charge in [-0.05, 0) is 23.7 Å². The number of ether oxygens (including phenoxy) is 1. The number of rotatable bonds is 2. The molecular formula is C17H33NO. The number of methoxy groups -OCH3 is 1. The third kappa shape index (κ3) is 7.34. The van der Waals surface area contributed by atoms with Crippen molar-refractivity contribution < 1.29 is 4.74 Å². The van der Waals surface area contributed by atoms with Gasteiger partial charge in [0.15, 0.2) is 0 Å². The van der Waals surface area contributed by atoms with Crippen molar-refractivity contribution >= 4 is 0 Å². The van der Waals surface area contributed by atoms with E-state index >= 15 is 0 Å². The molecule has 0 spiro atoms. The number of nitrogens with zero attached hydrogens (tertiary/aromatic N) is 1. The fraction of sp³-hybridized carbons (Fsp3) is 0.647. The molecule has 1 heterocycles. The highest BCUT2D eigenvalue weighted by Gasteiger charge is 2.14. The van der Waals surface area contributed by atoms with E-state index in [1.807, 2.05) is 41.5 Å². The maximum Gasteiger partial charge on any atom is 0.0713 e. The minimum atomic E-state index is 0.719. The summed E-state index contributed by atoms with van der Waals surface area (Å²) in [7, 11) is 3.88. The number of fused-ring (bicyclic) bond motifs is 1. The van der Waals surface area contributed by atoms with Crippen molar-refractivity contribution in [3.8, 4) is 0 Å². The van der Waals surface area contributed by atoms with Crippen molar-refractivity contribution in [2.75, 3.05) is 14.2 Å². The highest BCUT2D eigenvalue weighted by molar-refractivity contribution is 5.34. The van der Waals surface area contributed by atoms with E-state index in [1.165, 1.54) is 16.7 Å². The van der Waals surface area contributed by atoms with Gasteiger partial charge >= 0.3 is 0 Å². The first kappa shape index (κ1) is 20.5. The predicted octanol–water partition coefficient (Wildman–Crippen LogP) is 4.86. The van der Waals surface area contributed by atoms with E-state index < -0.39 is 0 Å². The second kappa shape index (κ2) is 13.6. The first-order valence-electron chi connectivity index (χ1n) is 7.58. The summed E-state index contributed by atoms with van der Waals surface area (Å²) in [6.07, 6.45) is 0. The summed E-state index contributed by atoms with van der Waals surface area (Å²) >= 11 is 0. The van der Waals surface area contributed by atoms with Crippen LogP contribution in [0.5, 0.6) is 0 Å². The number of benzene rings is 1. The van der Waals surface area contributed by atoms with Crippen LogP contribution >= 0.6 is 0 Å². The molecule has 19 heavy (non-hydrogen) atoms. The molecular weight excluding hydrogens is 234 g/mol. The maximum absolute atomic E-state index is 5.10. The molecule has 112 valence electrons. The molecule has 0 unspecified atom stereocenters. The fourth-order valence-electron chi connectivity index (χ4n) is 1.87. The molecule has 0 bridgehead atoms.